The van der Waals surface area contributed by atoms with Crippen LogP contribution in [0.1, 0.15) is 16.7 Å². The van der Waals surface area contributed by atoms with Gasteiger partial charge in [0.05, 0.1) is 11.6 Å². The van der Waals surface area contributed by atoms with Gasteiger partial charge in [-0.1, -0.05) is 91.0 Å². The van der Waals surface area contributed by atoms with Crippen LogP contribution in [0.15, 0.2) is 108 Å². The van der Waals surface area contributed by atoms with Crippen LogP contribution in [0.3, 0.4) is 0 Å². The first kappa shape index (κ1) is 15.4. The highest BCUT2D eigenvalue weighted by atomic mass is 16.5. The molecule has 1 atom stereocenters. The van der Waals surface area contributed by atoms with Crippen molar-refractivity contribution in [3.8, 4) is 0 Å². The molecule has 4 rings (SSSR count). The first-order chi connectivity index (χ1) is 12.4. The van der Waals surface area contributed by atoms with Crippen LogP contribution in [0.4, 0.5) is 0 Å². The Hall–Kier alpha value is -3.13. The Kier molecular flexibility index (Phi) is 4.17. The third kappa shape index (κ3) is 2.66. The number of rotatable bonds is 4. The van der Waals surface area contributed by atoms with Crippen LogP contribution in [0, 0.1) is 0 Å². The summed E-state index contributed by atoms with van der Waals surface area (Å²) in [6, 6.07) is 31.5. The minimum absolute atomic E-state index is 0.232. The molecule has 0 radical (unpaired) electrons. The second-order valence-electron chi connectivity index (χ2n) is 6.05. The Bertz CT molecular complexity index is 773. The zero-order valence-electron chi connectivity index (χ0n) is 13.8. The lowest BCUT2D eigenvalue weighted by molar-refractivity contribution is 0.155. The minimum Gasteiger partial charge on any atom is -0.489 e. The number of nitrogens with zero attached hydrogens (tertiary/aromatic N) is 1. The van der Waals surface area contributed by atoms with E-state index < -0.39 is 5.41 Å². The Morgan fingerprint density at radius 1 is 0.640 bits per heavy atom. The SMILES string of the molecule is C1=COC(C(c2ccccc2)(c2ccccc2)c2ccccc2)C=N1. The van der Waals surface area contributed by atoms with Crippen molar-refractivity contribution in [2.24, 2.45) is 4.99 Å². The van der Waals surface area contributed by atoms with Gasteiger partial charge in [0.1, 0.15) is 6.26 Å². The van der Waals surface area contributed by atoms with Crippen molar-refractivity contribution in [3.63, 3.8) is 0 Å². The summed E-state index contributed by atoms with van der Waals surface area (Å²) in [5.41, 5.74) is 3.07. The fraction of sp³-hybridized carbons (Fsp3) is 0.0870. The van der Waals surface area contributed by atoms with Crippen LogP contribution in [-0.2, 0) is 10.2 Å². The Balaban J connectivity index is 2.05. The molecular formula is C23H19NO. The third-order valence-corrected chi connectivity index (χ3v) is 4.71. The van der Waals surface area contributed by atoms with Crippen molar-refractivity contribution in [1.82, 2.24) is 0 Å². The molecule has 122 valence electrons. The predicted molar refractivity (Wildman–Crippen MR) is 102 cm³/mol. The van der Waals surface area contributed by atoms with E-state index in [1.165, 1.54) is 16.7 Å². The van der Waals surface area contributed by atoms with Gasteiger partial charge in [0.25, 0.3) is 0 Å². The minimum atomic E-state index is -0.474. The molecule has 0 saturated heterocycles. The van der Waals surface area contributed by atoms with Gasteiger partial charge in [-0.25, -0.2) is 0 Å². The van der Waals surface area contributed by atoms with Crippen molar-refractivity contribution in [2.45, 2.75) is 11.5 Å². The van der Waals surface area contributed by atoms with E-state index in [9.17, 15) is 0 Å². The quantitative estimate of drug-likeness (QED) is 0.621. The lowest BCUT2D eigenvalue weighted by Crippen LogP contribution is -2.44. The molecule has 0 N–H and O–H groups in total. The Morgan fingerprint density at radius 3 is 1.44 bits per heavy atom. The second kappa shape index (κ2) is 6.78. The monoisotopic (exact) mass is 325 g/mol. The van der Waals surface area contributed by atoms with Gasteiger partial charge in [0.15, 0.2) is 6.10 Å². The van der Waals surface area contributed by atoms with E-state index in [0.29, 0.717) is 0 Å². The summed E-state index contributed by atoms with van der Waals surface area (Å²) in [6.07, 6.45) is 5.02. The average Bonchev–Trinajstić information content (AvgIpc) is 2.72. The van der Waals surface area contributed by atoms with Crippen LogP contribution in [0.25, 0.3) is 0 Å². The summed E-state index contributed by atoms with van der Waals surface area (Å²) in [5.74, 6) is 0. The summed E-state index contributed by atoms with van der Waals surface area (Å²) in [4.78, 5) is 4.37. The summed E-state index contributed by atoms with van der Waals surface area (Å²) < 4.78 is 6.08. The number of aliphatic imine (C=N–C) groups is 1. The zero-order chi connectivity index (χ0) is 17.0. The lowest BCUT2D eigenvalue weighted by atomic mass is 9.66. The van der Waals surface area contributed by atoms with Crippen LogP contribution < -0.4 is 0 Å². The molecule has 3 aromatic carbocycles. The molecule has 1 heterocycles. The fourth-order valence-electron chi connectivity index (χ4n) is 3.63. The van der Waals surface area contributed by atoms with Gasteiger partial charge in [-0.2, -0.15) is 0 Å². The molecular weight excluding hydrogens is 306 g/mol. The van der Waals surface area contributed by atoms with Gasteiger partial charge in [-0.05, 0) is 16.7 Å². The van der Waals surface area contributed by atoms with Gasteiger partial charge in [-0.15, -0.1) is 0 Å². The molecule has 25 heavy (non-hydrogen) atoms. The third-order valence-electron chi connectivity index (χ3n) is 4.71. The molecule has 2 nitrogen and oxygen atoms in total. The van der Waals surface area contributed by atoms with E-state index in [1.54, 1.807) is 12.5 Å². The maximum atomic E-state index is 6.08. The first-order valence-corrected chi connectivity index (χ1v) is 8.43. The van der Waals surface area contributed by atoms with Crippen molar-refractivity contribution < 1.29 is 4.74 Å². The molecule has 1 aliphatic heterocycles. The standard InChI is InChI=1S/C23H19NO/c1-4-10-19(11-5-1)23(20-12-6-2-7-13-20,21-14-8-3-9-15-21)22-18-24-16-17-25-22/h1-18,22H. The van der Waals surface area contributed by atoms with Crippen LogP contribution in [0.2, 0.25) is 0 Å². The summed E-state index contributed by atoms with van der Waals surface area (Å²) >= 11 is 0. The summed E-state index contributed by atoms with van der Waals surface area (Å²) in [6.45, 7) is 0. The average molecular weight is 325 g/mol. The van der Waals surface area contributed by atoms with E-state index in [4.69, 9.17) is 4.74 Å². The number of benzene rings is 3. The molecule has 0 saturated carbocycles. The molecule has 2 heteroatoms. The largest absolute Gasteiger partial charge is 0.489 e. The zero-order valence-corrected chi connectivity index (χ0v) is 13.8. The number of hydrogen-bond donors (Lipinski definition) is 0. The van der Waals surface area contributed by atoms with Gasteiger partial charge in [0, 0.05) is 6.21 Å². The van der Waals surface area contributed by atoms with Gasteiger partial charge >= 0.3 is 0 Å². The topological polar surface area (TPSA) is 21.6 Å². The van der Waals surface area contributed by atoms with E-state index >= 15 is 0 Å². The smallest absolute Gasteiger partial charge is 0.151 e. The van der Waals surface area contributed by atoms with Crippen molar-refractivity contribution >= 4 is 6.21 Å². The van der Waals surface area contributed by atoms with Crippen molar-refractivity contribution in [3.05, 3.63) is 120 Å². The molecule has 0 fully saturated rings. The van der Waals surface area contributed by atoms with E-state index in [2.05, 4.69) is 77.8 Å². The first-order valence-electron chi connectivity index (χ1n) is 8.43. The molecule has 1 aliphatic rings. The van der Waals surface area contributed by atoms with Crippen molar-refractivity contribution in [1.29, 1.82) is 0 Å². The normalized spacial score (nSPS) is 16.4. The molecule has 0 spiro atoms. The molecule has 0 amide bonds. The fourth-order valence-corrected chi connectivity index (χ4v) is 3.63. The Morgan fingerprint density at radius 2 is 1.08 bits per heavy atom. The highest BCUT2D eigenvalue weighted by Crippen LogP contribution is 2.43. The highest BCUT2D eigenvalue weighted by Gasteiger charge is 2.44. The number of hydrogen-bond acceptors (Lipinski definition) is 2. The van der Waals surface area contributed by atoms with Gasteiger partial charge < -0.3 is 4.74 Å². The van der Waals surface area contributed by atoms with Crippen LogP contribution >= 0.6 is 0 Å². The van der Waals surface area contributed by atoms with Crippen molar-refractivity contribution in [2.75, 3.05) is 0 Å². The van der Waals surface area contributed by atoms with E-state index in [0.717, 1.165) is 0 Å². The maximum Gasteiger partial charge on any atom is 0.151 e. The van der Waals surface area contributed by atoms with Crippen LogP contribution in [0.5, 0.6) is 0 Å². The molecule has 0 bridgehead atoms. The number of ether oxygens (including phenoxy) is 1. The van der Waals surface area contributed by atoms with Gasteiger partial charge in [0.2, 0.25) is 0 Å². The predicted octanol–water partition coefficient (Wildman–Crippen LogP) is 4.96. The Labute approximate surface area is 148 Å². The lowest BCUT2D eigenvalue weighted by Gasteiger charge is -2.40. The second-order valence-corrected chi connectivity index (χ2v) is 6.05. The molecule has 1 unspecified atom stereocenters. The molecule has 3 aromatic rings. The molecule has 0 aliphatic carbocycles. The summed E-state index contributed by atoms with van der Waals surface area (Å²) in [7, 11) is 0. The van der Waals surface area contributed by atoms with E-state index in [1.807, 2.05) is 24.4 Å². The van der Waals surface area contributed by atoms with Gasteiger partial charge in [-0.3, -0.25) is 4.99 Å². The van der Waals surface area contributed by atoms with Crippen LogP contribution in [-0.4, -0.2) is 12.3 Å². The maximum absolute atomic E-state index is 6.08. The van der Waals surface area contributed by atoms with E-state index in [-0.39, 0.29) is 6.10 Å². The highest BCUT2D eigenvalue weighted by molar-refractivity contribution is 5.73. The molecule has 0 aromatic heterocycles. The summed E-state index contributed by atoms with van der Waals surface area (Å²) in [5, 5.41) is 0.